The van der Waals surface area contributed by atoms with Crippen molar-refractivity contribution in [1.82, 2.24) is 4.98 Å². The Hall–Kier alpha value is -2.21. The van der Waals surface area contributed by atoms with Crippen molar-refractivity contribution >= 4 is 28.9 Å². The van der Waals surface area contributed by atoms with E-state index >= 15 is 0 Å². The lowest BCUT2D eigenvalue weighted by molar-refractivity contribution is -0.136. The van der Waals surface area contributed by atoms with E-state index in [9.17, 15) is 9.59 Å². The number of hydrogen-bond acceptors (Lipinski definition) is 4. The van der Waals surface area contributed by atoms with Crippen LogP contribution in [0.3, 0.4) is 0 Å². The molecule has 2 rings (SSSR count). The van der Waals surface area contributed by atoms with Crippen LogP contribution in [0.15, 0.2) is 30.5 Å². The molecule has 0 aliphatic rings. The molecule has 0 radical (unpaired) electrons. The third-order valence-corrected chi connectivity index (χ3v) is 3.88. The molecule has 0 unspecified atom stereocenters. The summed E-state index contributed by atoms with van der Waals surface area (Å²) >= 11 is 1.46. The Bertz CT molecular complexity index is 620. The molecule has 2 aromatic heterocycles. The topological polar surface area (TPSA) is 79.3 Å². The van der Waals surface area contributed by atoms with Crippen molar-refractivity contribution in [1.29, 1.82) is 0 Å². The number of aromatic nitrogens is 1. The molecule has 20 heavy (non-hydrogen) atoms. The fourth-order valence-corrected chi connectivity index (χ4v) is 2.48. The number of aliphatic carboxylic acids is 1. The monoisotopic (exact) mass is 290 g/mol. The molecule has 2 heterocycles. The normalized spacial score (nSPS) is 10.2. The number of carboxylic acid groups (broad SMARTS) is 1. The van der Waals surface area contributed by atoms with Gasteiger partial charge in [0, 0.05) is 4.88 Å². The lowest BCUT2D eigenvalue weighted by Crippen LogP contribution is -2.10. The Labute approximate surface area is 120 Å². The van der Waals surface area contributed by atoms with E-state index in [2.05, 4.69) is 10.3 Å². The van der Waals surface area contributed by atoms with Crippen LogP contribution < -0.4 is 5.32 Å². The SMILES string of the molecule is CCc1ccc(C(=O)Nc2ccc(CC(=O)O)nc2)s1. The fraction of sp³-hybridized carbons (Fsp3) is 0.214. The number of carbonyl (C=O) groups is 2. The van der Waals surface area contributed by atoms with Gasteiger partial charge < -0.3 is 10.4 Å². The lowest BCUT2D eigenvalue weighted by atomic mass is 10.2. The minimum Gasteiger partial charge on any atom is -0.481 e. The van der Waals surface area contributed by atoms with Gasteiger partial charge in [-0.05, 0) is 30.7 Å². The number of anilines is 1. The third kappa shape index (κ3) is 3.64. The number of nitrogens with one attached hydrogen (secondary N) is 1. The standard InChI is InChI=1S/C14H14N2O3S/c1-2-11-5-6-12(20-11)14(19)16-10-4-3-9(15-8-10)7-13(17)18/h3-6,8H,2,7H2,1H3,(H,16,19)(H,17,18). The van der Waals surface area contributed by atoms with Crippen molar-refractivity contribution in [3.63, 3.8) is 0 Å². The number of carboxylic acids is 1. The minimum atomic E-state index is -0.931. The number of rotatable bonds is 5. The molecule has 0 bridgehead atoms. The summed E-state index contributed by atoms with van der Waals surface area (Å²) in [5.41, 5.74) is 1.01. The second-order valence-corrected chi connectivity index (χ2v) is 5.35. The quantitative estimate of drug-likeness (QED) is 0.887. The van der Waals surface area contributed by atoms with Gasteiger partial charge in [-0.25, -0.2) is 0 Å². The smallest absolute Gasteiger partial charge is 0.309 e. The highest BCUT2D eigenvalue weighted by Gasteiger charge is 2.09. The predicted molar refractivity (Wildman–Crippen MR) is 77.2 cm³/mol. The Morgan fingerprint density at radius 3 is 2.65 bits per heavy atom. The van der Waals surface area contributed by atoms with Gasteiger partial charge in [0.1, 0.15) is 0 Å². The molecule has 1 amide bonds. The summed E-state index contributed by atoms with van der Waals surface area (Å²) in [5, 5.41) is 11.4. The van der Waals surface area contributed by atoms with Crippen LogP contribution in [0.1, 0.15) is 27.2 Å². The maximum absolute atomic E-state index is 12.0. The number of nitrogens with zero attached hydrogens (tertiary/aromatic N) is 1. The van der Waals surface area contributed by atoms with E-state index in [-0.39, 0.29) is 12.3 Å². The first kappa shape index (κ1) is 14.2. The number of thiophene rings is 1. The minimum absolute atomic E-state index is 0.126. The second kappa shape index (κ2) is 6.29. The van der Waals surface area contributed by atoms with Gasteiger partial charge in [-0.3, -0.25) is 14.6 Å². The van der Waals surface area contributed by atoms with Crippen LogP contribution in [0.2, 0.25) is 0 Å². The van der Waals surface area contributed by atoms with Gasteiger partial charge in [-0.2, -0.15) is 0 Å². The Balaban J connectivity index is 2.02. The predicted octanol–water partition coefficient (Wildman–Crippen LogP) is 2.58. The van der Waals surface area contributed by atoms with Crippen LogP contribution in [0.4, 0.5) is 5.69 Å². The molecule has 104 valence electrons. The first-order valence-electron chi connectivity index (χ1n) is 6.15. The Morgan fingerprint density at radius 2 is 2.10 bits per heavy atom. The highest BCUT2D eigenvalue weighted by Crippen LogP contribution is 2.18. The molecule has 5 nitrogen and oxygen atoms in total. The van der Waals surface area contributed by atoms with E-state index < -0.39 is 5.97 Å². The van der Waals surface area contributed by atoms with Gasteiger partial charge in [-0.1, -0.05) is 6.92 Å². The summed E-state index contributed by atoms with van der Waals surface area (Å²) in [7, 11) is 0. The van der Waals surface area contributed by atoms with Crippen molar-refractivity contribution in [2.75, 3.05) is 5.32 Å². The maximum Gasteiger partial charge on any atom is 0.309 e. The molecule has 0 saturated carbocycles. The molecule has 0 aliphatic carbocycles. The van der Waals surface area contributed by atoms with Gasteiger partial charge in [0.15, 0.2) is 0 Å². The van der Waals surface area contributed by atoms with E-state index in [0.717, 1.165) is 11.3 Å². The van der Waals surface area contributed by atoms with Gasteiger partial charge >= 0.3 is 5.97 Å². The first-order chi connectivity index (χ1) is 9.58. The zero-order chi connectivity index (χ0) is 14.5. The third-order valence-electron chi connectivity index (χ3n) is 2.65. The van der Waals surface area contributed by atoms with E-state index in [1.165, 1.54) is 17.5 Å². The molecule has 0 saturated heterocycles. The summed E-state index contributed by atoms with van der Waals surface area (Å²) in [6.07, 6.45) is 2.24. The van der Waals surface area contributed by atoms with Crippen LogP contribution in [0.25, 0.3) is 0 Å². The summed E-state index contributed by atoms with van der Waals surface area (Å²) < 4.78 is 0. The van der Waals surface area contributed by atoms with Crippen molar-refractivity contribution in [2.24, 2.45) is 0 Å². The number of amides is 1. The molecule has 0 atom stereocenters. The van der Waals surface area contributed by atoms with Crippen LogP contribution in [-0.4, -0.2) is 22.0 Å². The molecular formula is C14H14N2O3S. The van der Waals surface area contributed by atoms with Gasteiger partial charge in [0.2, 0.25) is 0 Å². The molecule has 0 spiro atoms. The van der Waals surface area contributed by atoms with E-state index in [1.807, 2.05) is 13.0 Å². The van der Waals surface area contributed by atoms with Gasteiger partial charge in [-0.15, -0.1) is 11.3 Å². The number of aryl methyl sites for hydroxylation is 1. The maximum atomic E-state index is 12.0. The number of carbonyl (C=O) groups excluding carboxylic acids is 1. The zero-order valence-corrected chi connectivity index (χ0v) is 11.7. The highest BCUT2D eigenvalue weighted by atomic mass is 32.1. The molecule has 0 aromatic carbocycles. The van der Waals surface area contributed by atoms with Gasteiger partial charge in [0.05, 0.1) is 28.9 Å². The molecule has 0 fully saturated rings. The first-order valence-corrected chi connectivity index (χ1v) is 6.97. The Kier molecular flexibility index (Phi) is 4.47. The van der Waals surface area contributed by atoms with Crippen molar-refractivity contribution in [3.05, 3.63) is 45.9 Å². The fourth-order valence-electron chi connectivity index (χ4n) is 1.64. The van der Waals surface area contributed by atoms with Crippen molar-refractivity contribution in [2.45, 2.75) is 19.8 Å². The van der Waals surface area contributed by atoms with Crippen molar-refractivity contribution < 1.29 is 14.7 Å². The molecule has 0 aliphatic heterocycles. The number of hydrogen-bond donors (Lipinski definition) is 2. The summed E-state index contributed by atoms with van der Waals surface area (Å²) in [6.45, 7) is 2.04. The van der Waals surface area contributed by atoms with Crippen LogP contribution in [0.5, 0.6) is 0 Å². The molecule has 2 N–H and O–H groups in total. The van der Waals surface area contributed by atoms with Crippen molar-refractivity contribution in [3.8, 4) is 0 Å². The largest absolute Gasteiger partial charge is 0.481 e. The molecular weight excluding hydrogens is 276 g/mol. The van der Waals surface area contributed by atoms with E-state index in [4.69, 9.17) is 5.11 Å². The second-order valence-electron chi connectivity index (χ2n) is 4.18. The summed E-state index contributed by atoms with van der Waals surface area (Å²) in [4.78, 5) is 28.3. The molecule has 2 aromatic rings. The summed E-state index contributed by atoms with van der Waals surface area (Å²) in [6, 6.07) is 6.98. The Morgan fingerprint density at radius 1 is 1.30 bits per heavy atom. The van der Waals surface area contributed by atoms with Crippen LogP contribution in [-0.2, 0) is 17.6 Å². The average molecular weight is 290 g/mol. The lowest BCUT2D eigenvalue weighted by Gasteiger charge is -2.03. The zero-order valence-electron chi connectivity index (χ0n) is 10.9. The van der Waals surface area contributed by atoms with E-state index in [0.29, 0.717) is 16.3 Å². The van der Waals surface area contributed by atoms with Crippen LogP contribution >= 0.6 is 11.3 Å². The average Bonchev–Trinajstić information content (AvgIpc) is 2.89. The highest BCUT2D eigenvalue weighted by molar-refractivity contribution is 7.14. The molecule has 6 heteroatoms. The number of pyridine rings is 1. The van der Waals surface area contributed by atoms with E-state index in [1.54, 1.807) is 18.2 Å². The van der Waals surface area contributed by atoms with Crippen LogP contribution in [0, 0.1) is 0 Å². The summed E-state index contributed by atoms with van der Waals surface area (Å²) in [5.74, 6) is -1.11. The van der Waals surface area contributed by atoms with Gasteiger partial charge in [0.25, 0.3) is 5.91 Å².